The quantitative estimate of drug-likeness (QED) is 0.720. The van der Waals surface area contributed by atoms with Crippen LogP contribution in [0.1, 0.15) is 62.0 Å². The average Bonchev–Trinajstić information content (AvgIpc) is 2.73. The summed E-state index contributed by atoms with van der Waals surface area (Å²) in [5.74, 6) is 1.75. The van der Waals surface area contributed by atoms with Gasteiger partial charge in [-0.1, -0.05) is 60.7 Å². The van der Waals surface area contributed by atoms with E-state index in [0.717, 1.165) is 28.9 Å². The van der Waals surface area contributed by atoms with Crippen molar-refractivity contribution in [3.63, 3.8) is 0 Å². The molecule has 0 radical (unpaired) electrons. The summed E-state index contributed by atoms with van der Waals surface area (Å²) >= 11 is 0. The molecule has 0 aromatic heterocycles. The summed E-state index contributed by atoms with van der Waals surface area (Å²) < 4.78 is 0. The number of carbonyl (C=O) groups is 2. The molecule has 4 aliphatic rings. The number of benzene rings is 2. The first-order valence-corrected chi connectivity index (χ1v) is 11.3. The summed E-state index contributed by atoms with van der Waals surface area (Å²) in [7, 11) is 0. The van der Waals surface area contributed by atoms with Gasteiger partial charge in [0.25, 0.3) is 0 Å². The van der Waals surface area contributed by atoms with Crippen molar-refractivity contribution in [2.24, 2.45) is 23.2 Å². The van der Waals surface area contributed by atoms with Crippen molar-refractivity contribution in [3.05, 3.63) is 71.8 Å². The van der Waals surface area contributed by atoms with Crippen LogP contribution in [0.4, 0.5) is 0 Å². The minimum absolute atomic E-state index is 0.0508. The monoisotopic (exact) mass is 402 g/mol. The van der Waals surface area contributed by atoms with E-state index in [-0.39, 0.29) is 17.2 Å². The molecular formula is C26H30N2O2. The van der Waals surface area contributed by atoms with Gasteiger partial charge in [-0.25, -0.2) is 0 Å². The first-order chi connectivity index (χ1) is 14.6. The van der Waals surface area contributed by atoms with E-state index in [4.69, 9.17) is 0 Å². The Labute approximate surface area is 178 Å². The Morgan fingerprint density at radius 3 is 1.70 bits per heavy atom. The van der Waals surface area contributed by atoms with E-state index in [1.165, 1.54) is 38.5 Å². The predicted octanol–water partition coefficient (Wildman–Crippen LogP) is 4.57. The van der Waals surface area contributed by atoms with Gasteiger partial charge < -0.3 is 0 Å². The fraction of sp³-hybridized carbons (Fsp3) is 0.462. The maximum atomic E-state index is 13.1. The third kappa shape index (κ3) is 3.88. The molecule has 4 fully saturated rings. The molecular weight excluding hydrogens is 372 g/mol. The lowest BCUT2D eigenvalue weighted by molar-refractivity contribution is -0.134. The summed E-state index contributed by atoms with van der Waals surface area (Å²) in [6.45, 7) is 0. The Morgan fingerprint density at radius 2 is 1.23 bits per heavy atom. The number of carbonyl (C=O) groups excluding carboxylic acids is 2. The van der Waals surface area contributed by atoms with E-state index in [0.29, 0.717) is 6.42 Å². The summed E-state index contributed by atoms with van der Waals surface area (Å²) in [4.78, 5) is 25.9. The van der Waals surface area contributed by atoms with Gasteiger partial charge >= 0.3 is 0 Å². The SMILES string of the molecule is O=C(CC12CC3CC(CC(C3)C1)C2)NNC(=O)C(c1ccccc1)c1ccccc1. The van der Waals surface area contributed by atoms with Crippen LogP contribution in [0.25, 0.3) is 0 Å². The number of hydrogen-bond donors (Lipinski definition) is 2. The molecule has 2 N–H and O–H groups in total. The van der Waals surface area contributed by atoms with Gasteiger partial charge in [-0.2, -0.15) is 0 Å². The van der Waals surface area contributed by atoms with E-state index in [1.54, 1.807) is 0 Å². The molecule has 0 unspecified atom stereocenters. The van der Waals surface area contributed by atoms with Crippen molar-refractivity contribution in [2.45, 2.75) is 50.9 Å². The molecule has 4 bridgehead atoms. The number of hydrazine groups is 1. The Bertz CT molecular complexity index is 834. The molecule has 30 heavy (non-hydrogen) atoms. The lowest BCUT2D eigenvalue weighted by atomic mass is 9.49. The maximum absolute atomic E-state index is 13.1. The molecule has 0 heterocycles. The third-order valence-electron chi connectivity index (χ3n) is 7.55. The largest absolute Gasteiger partial charge is 0.273 e. The number of amides is 2. The highest BCUT2D eigenvalue weighted by Crippen LogP contribution is 2.61. The molecule has 4 nitrogen and oxygen atoms in total. The Hall–Kier alpha value is -2.62. The second-order valence-electron chi connectivity index (χ2n) is 9.89. The van der Waals surface area contributed by atoms with Crippen LogP contribution in [-0.2, 0) is 9.59 Å². The summed E-state index contributed by atoms with van der Waals surface area (Å²) in [5.41, 5.74) is 7.46. The van der Waals surface area contributed by atoms with Crippen LogP contribution in [0.2, 0.25) is 0 Å². The molecule has 2 aromatic rings. The molecule has 0 saturated heterocycles. The normalized spacial score (nSPS) is 29.0. The minimum atomic E-state index is -0.452. The number of rotatable bonds is 5. The zero-order chi connectivity index (χ0) is 20.6. The van der Waals surface area contributed by atoms with E-state index >= 15 is 0 Å². The first kappa shape index (κ1) is 19.3. The highest BCUT2D eigenvalue weighted by atomic mass is 16.2. The fourth-order valence-corrected chi connectivity index (χ4v) is 6.88. The van der Waals surface area contributed by atoms with E-state index in [1.807, 2.05) is 60.7 Å². The zero-order valence-corrected chi connectivity index (χ0v) is 17.3. The fourth-order valence-electron chi connectivity index (χ4n) is 6.88. The summed E-state index contributed by atoms with van der Waals surface area (Å²) in [5, 5.41) is 0. The molecule has 6 rings (SSSR count). The molecule has 4 heteroatoms. The minimum Gasteiger partial charge on any atom is -0.273 e. The number of nitrogens with one attached hydrogen (secondary N) is 2. The highest BCUT2D eigenvalue weighted by molar-refractivity contribution is 5.89. The van der Waals surface area contributed by atoms with Crippen molar-refractivity contribution in [1.29, 1.82) is 0 Å². The lowest BCUT2D eigenvalue weighted by Crippen LogP contribution is -2.50. The Morgan fingerprint density at radius 1 is 0.767 bits per heavy atom. The molecule has 0 aliphatic heterocycles. The van der Waals surface area contributed by atoms with Crippen LogP contribution in [0, 0.1) is 23.2 Å². The third-order valence-corrected chi connectivity index (χ3v) is 7.55. The van der Waals surface area contributed by atoms with Crippen LogP contribution in [0.3, 0.4) is 0 Å². The molecule has 2 aromatic carbocycles. The summed E-state index contributed by atoms with van der Waals surface area (Å²) in [6, 6.07) is 19.4. The van der Waals surface area contributed by atoms with Gasteiger partial charge in [-0.15, -0.1) is 0 Å². The van der Waals surface area contributed by atoms with Crippen LogP contribution in [0.5, 0.6) is 0 Å². The molecule has 0 atom stereocenters. The van der Waals surface area contributed by atoms with Crippen LogP contribution in [0.15, 0.2) is 60.7 Å². The van der Waals surface area contributed by atoms with Crippen molar-refractivity contribution < 1.29 is 9.59 Å². The van der Waals surface area contributed by atoms with Crippen molar-refractivity contribution in [2.75, 3.05) is 0 Å². The maximum Gasteiger partial charge on any atom is 0.250 e. The van der Waals surface area contributed by atoms with Gasteiger partial charge in [-0.3, -0.25) is 20.4 Å². The van der Waals surface area contributed by atoms with Crippen molar-refractivity contribution in [1.82, 2.24) is 10.9 Å². The van der Waals surface area contributed by atoms with E-state index < -0.39 is 5.92 Å². The molecule has 2 amide bonds. The molecule has 156 valence electrons. The summed E-state index contributed by atoms with van der Waals surface area (Å²) in [6.07, 6.45) is 8.22. The van der Waals surface area contributed by atoms with Gasteiger partial charge in [0.1, 0.15) is 0 Å². The van der Waals surface area contributed by atoms with Crippen molar-refractivity contribution >= 4 is 11.8 Å². The molecule has 0 spiro atoms. The second kappa shape index (κ2) is 7.90. The predicted molar refractivity (Wildman–Crippen MR) is 116 cm³/mol. The van der Waals surface area contributed by atoms with Crippen LogP contribution >= 0.6 is 0 Å². The number of hydrogen-bond acceptors (Lipinski definition) is 2. The van der Waals surface area contributed by atoms with Gasteiger partial charge in [0.15, 0.2) is 0 Å². The van der Waals surface area contributed by atoms with Gasteiger partial charge in [0.2, 0.25) is 11.8 Å². The average molecular weight is 403 g/mol. The molecule has 4 saturated carbocycles. The lowest BCUT2D eigenvalue weighted by Gasteiger charge is -2.56. The van der Waals surface area contributed by atoms with Crippen LogP contribution < -0.4 is 10.9 Å². The second-order valence-corrected chi connectivity index (χ2v) is 9.89. The standard InChI is InChI=1S/C26H30N2O2/c29-23(17-26-14-18-11-19(15-26)13-20(12-18)16-26)27-28-25(30)24(21-7-3-1-4-8-21)22-9-5-2-6-10-22/h1-10,18-20,24H,11-17H2,(H,27,29)(H,28,30). The smallest absolute Gasteiger partial charge is 0.250 e. The Balaban J connectivity index is 1.25. The van der Waals surface area contributed by atoms with E-state index in [2.05, 4.69) is 10.9 Å². The highest BCUT2D eigenvalue weighted by Gasteiger charge is 2.51. The van der Waals surface area contributed by atoms with Crippen molar-refractivity contribution in [3.8, 4) is 0 Å². The Kier molecular flexibility index (Phi) is 5.10. The van der Waals surface area contributed by atoms with E-state index in [9.17, 15) is 9.59 Å². The van der Waals surface area contributed by atoms with Crippen LogP contribution in [-0.4, -0.2) is 11.8 Å². The van der Waals surface area contributed by atoms with Gasteiger partial charge in [-0.05, 0) is 72.8 Å². The first-order valence-electron chi connectivity index (χ1n) is 11.3. The zero-order valence-electron chi connectivity index (χ0n) is 17.3. The van der Waals surface area contributed by atoms with Gasteiger partial charge in [0, 0.05) is 6.42 Å². The molecule has 4 aliphatic carbocycles. The van der Waals surface area contributed by atoms with Gasteiger partial charge in [0.05, 0.1) is 5.92 Å². The topological polar surface area (TPSA) is 58.2 Å².